The van der Waals surface area contributed by atoms with Gasteiger partial charge in [0.15, 0.2) is 5.96 Å². The molecule has 0 atom stereocenters. The van der Waals surface area contributed by atoms with Crippen LogP contribution in [0.5, 0.6) is 0 Å². The van der Waals surface area contributed by atoms with Crippen LogP contribution in [0.2, 0.25) is 0 Å². The van der Waals surface area contributed by atoms with E-state index < -0.39 is 0 Å². The van der Waals surface area contributed by atoms with Crippen LogP contribution in [-0.4, -0.2) is 56.9 Å². The third kappa shape index (κ3) is 5.37. The zero-order chi connectivity index (χ0) is 16.6. The monoisotopic (exact) mass is 331 g/mol. The summed E-state index contributed by atoms with van der Waals surface area (Å²) in [6, 6.07) is 6.55. The molecular weight excluding hydrogens is 302 g/mol. The summed E-state index contributed by atoms with van der Waals surface area (Å²) in [5.74, 6) is 2.78. The molecule has 2 heterocycles. The Bertz CT molecular complexity index is 509. The molecule has 1 aromatic heterocycles. The van der Waals surface area contributed by atoms with Crippen LogP contribution in [0.15, 0.2) is 29.4 Å². The van der Waals surface area contributed by atoms with Gasteiger partial charge in [-0.3, -0.25) is 4.99 Å². The van der Waals surface area contributed by atoms with E-state index in [0.717, 1.165) is 63.4 Å². The second-order valence-electron chi connectivity index (χ2n) is 6.61. The highest BCUT2D eigenvalue weighted by atomic mass is 16.5. The van der Waals surface area contributed by atoms with Crippen molar-refractivity contribution in [3.63, 3.8) is 0 Å². The second-order valence-corrected chi connectivity index (χ2v) is 6.61. The molecule has 132 valence electrons. The van der Waals surface area contributed by atoms with Crippen LogP contribution in [0, 0.1) is 5.92 Å². The molecule has 0 aromatic carbocycles. The fraction of sp³-hybridized carbons (Fsp3) is 0.667. The fourth-order valence-electron chi connectivity index (χ4n) is 2.96. The number of nitrogens with one attached hydrogen (secondary N) is 2. The molecule has 0 bridgehead atoms. The smallest absolute Gasteiger partial charge is 0.191 e. The maximum Gasteiger partial charge on any atom is 0.191 e. The molecule has 6 nitrogen and oxygen atoms in total. The summed E-state index contributed by atoms with van der Waals surface area (Å²) in [6.07, 6.45) is 6.73. The number of hydrogen-bond acceptors (Lipinski definition) is 4. The van der Waals surface area contributed by atoms with Gasteiger partial charge in [0.1, 0.15) is 5.82 Å². The minimum atomic E-state index is 0.462. The van der Waals surface area contributed by atoms with Crippen molar-refractivity contribution in [3.05, 3.63) is 24.4 Å². The predicted molar refractivity (Wildman–Crippen MR) is 97.5 cm³/mol. The van der Waals surface area contributed by atoms with E-state index in [1.165, 1.54) is 12.8 Å². The maximum atomic E-state index is 5.65. The summed E-state index contributed by atoms with van der Waals surface area (Å²) in [5, 5.41) is 6.87. The Morgan fingerprint density at radius 2 is 2.12 bits per heavy atom. The molecule has 6 heteroatoms. The lowest BCUT2D eigenvalue weighted by Crippen LogP contribution is -2.49. The molecule has 24 heavy (non-hydrogen) atoms. The molecule has 2 aliphatic rings. The van der Waals surface area contributed by atoms with Gasteiger partial charge in [-0.2, -0.15) is 0 Å². The summed E-state index contributed by atoms with van der Waals surface area (Å²) in [4.78, 5) is 11.1. The van der Waals surface area contributed by atoms with Gasteiger partial charge in [0.25, 0.3) is 0 Å². The highest BCUT2D eigenvalue weighted by Crippen LogP contribution is 2.28. The van der Waals surface area contributed by atoms with Crippen molar-refractivity contribution in [2.75, 3.05) is 44.8 Å². The average molecular weight is 331 g/mol. The number of piperidine rings is 1. The van der Waals surface area contributed by atoms with E-state index in [2.05, 4.69) is 31.6 Å². The SMILES string of the molecule is CN=C(NCCOCC1CC1)NC1CCN(c2ccccn2)CC1. The summed E-state index contributed by atoms with van der Waals surface area (Å²) in [6.45, 7) is 4.51. The summed E-state index contributed by atoms with van der Waals surface area (Å²) >= 11 is 0. The van der Waals surface area contributed by atoms with Crippen molar-refractivity contribution < 1.29 is 4.74 Å². The van der Waals surface area contributed by atoms with Crippen LogP contribution >= 0.6 is 0 Å². The van der Waals surface area contributed by atoms with Crippen molar-refractivity contribution in [1.29, 1.82) is 0 Å². The van der Waals surface area contributed by atoms with Crippen LogP contribution in [0.3, 0.4) is 0 Å². The molecule has 2 N–H and O–H groups in total. The molecule has 1 aliphatic carbocycles. The van der Waals surface area contributed by atoms with E-state index in [4.69, 9.17) is 4.74 Å². The van der Waals surface area contributed by atoms with Crippen molar-refractivity contribution >= 4 is 11.8 Å². The number of pyridine rings is 1. The minimum Gasteiger partial charge on any atom is -0.379 e. The first kappa shape index (κ1) is 17.0. The first-order valence-corrected chi connectivity index (χ1v) is 9.06. The Morgan fingerprint density at radius 3 is 2.79 bits per heavy atom. The third-order valence-corrected chi connectivity index (χ3v) is 4.62. The highest BCUT2D eigenvalue weighted by Gasteiger charge is 2.21. The molecule has 1 saturated carbocycles. The van der Waals surface area contributed by atoms with Gasteiger partial charge in [-0.1, -0.05) is 6.07 Å². The fourth-order valence-corrected chi connectivity index (χ4v) is 2.96. The first-order valence-electron chi connectivity index (χ1n) is 9.06. The van der Waals surface area contributed by atoms with Gasteiger partial charge in [0, 0.05) is 45.5 Å². The molecular formula is C18H29N5O. The minimum absolute atomic E-state index is 0.462. The van der Waals surface area contributed by atoms with Gasteiger partial charge in [-0.25, -0.2) is 4.98 Å². The molecule has 0 radical (unpaired) electrons. The highest BCUT2D eigenvalue weighted by molar-refractivity contribution is 5.79. The Balaban J connectivity index is 1.33. The third-order valence-electron chi connectivity index (χ3n) is 4.62. The Kier molecular flexibility index (Phi) is 6.29. The molecule has 0 spiro atoms. The number of nitrogens with zero attached hydrogens (tertiary/aromatic N) is 3. The summed E-state index contributed by atoms with van der Waals surface area (Å²) in [7, 11) is 1.82. The van der Waals surface area contributed by atoms with Gasteiger partial charge in [0.05, 0.1) is 6.61 Å². The zero-order valence-electron chi connectivity index (χ0n) is 14.6. The molecule has 1 aromatic rings. The number of guanidine groups is 1. The van der Waals surface area contributed by atoms with Gasteiger partial charge in [-0.05, 0) is 43.7 Å². The largest absolute Gasteiger partial charge is 0.379 e. The Morgan fingerprint density at radius 1 is 1.29 bits per heavy atom. The van der Waals surface area contributed by atoms with E-state index >= 15 is 0 Å². The van der Waals surface area contributed by atoms with E-state index in [0.29, 0.717) is 6.04 Å². The van der Waals surface area contributed by atoms with E-state index in [1.807, 2.05) is 25.4 Å². The molecule has 0 amide bonds. The lowest BCUT2D eigenvalue weighted by Gasteiger charge is -2.33. The molecule has 2 fully saturated rings. The standard InChI is InChI=1S/C18H29N5O/c1-19-18(21-10-13-24-14-15-5-6-15)22-16-7-11-23(12-8-16)17-4-2-3-9-20-17/h2-4,9,15-16H,5-8,10-14H2,1H3,(H2,19,21,22). The molecule has 1 aliphatic heterocycles. The number of anilines is 1. The Hall–Kier alpha value is -1.82. The van der Waals surface area contributed by atoms with Gasteiger partial charge < -0.3 is 20.3 Å². The van der Waals surface area contributed by atoms with Crippen LogP contribution in [-0.2, 0) is 4.74 Å². The van der Waals surface area contributed by atoms with Gasteiger partial charge in [0.2, 0.25) is 0 Å². The van der Waals surface area contributed by atoms with E-state index in [9.17, 15) is 0 Å². The van der Waals surface area contributed by atoms with Crippen molar-refractivity contribution in [1.82, 2.24) is 15.6 Å². The van der Waals surface area contributed by atoms with Gasteiger partial charge >= 0.3 is 0 Å². The quantitative estimate of drug-likeness (QED) is 0.452. The topological polar surface area (TPSA) is 61.8 Å². The lowest BCUT2D eigenvalue weighted by molar-refractivity contribution is 0.129. The number of aliphatic imine (C=N–C) groups is 1. The van der Waals surface area contributed by atoms with Crippen molar-refractivity contribution in [2.45, 2.75) is 31.7 Å². The number of hydrogen-bond donors (Lipinski definition) is 2. The number of ether oxygens (including phenoxy) is 1. The van der Waals surface area contributed by atoms with Crippen LogP contribution in [0.1, 0.15) is 25.7 Å². The molecule has 1 saturated heterocycles. The lowest BCUT2D eigenvalue weighted by atomic mass is 10.1. The van der Waals surface area contributed by atoms with Crippen LogP contribution in [0.25, 0.3) is 0 Å². The molecule has 3 rings (SSSR count). The second kappa shape index (κ2) is 8.87. The predicted octanol–water partition coefficient (Wildman–Crippen LogP) is 1.64. The Labute approximate surface area is 144 Å². The van der Waals surface area contributed by atoms with E-state index in [1.54, 1.807) is 0 Å². The van der Waals surface area contributed by atoms with Crippen molar-refractivity contribution in [2.24, 2.45) is 10.9 Å². The number of rotatable bonds is 7. The number of aromatic nitrogens is 1. The van der Waals surface area contributed by atoms with Crippen molar-refractivity contribution in [3.8, 4) is 0 Å². The van der Waals surface area contributed by atoms with E-state index in [-0.39, 0.29) is 0 Å². The normalized spacial score (nSPS) is 19.4. The average Bonchev–Trinajstić information content (AvgIpc) is 3.46. The summed E-state index contributed by atoms with van der Waals surface area (Å²) in [5.41, 5.74) is 0. The van der Waals surface area contributed by atoms with Crippen LogP contribution < -0.4 is 15.5 Å². The summed E-state index contributed by atoms with van der Waals surface area (Å²) < 4.78 is 5.65. The molecule has 0 unspecified atom stereocenters. The zero-order valence-corrected chi connectivity index (χ0v) is 14.6. The van der Waals surface area contributed by atoms with Crippen LogP contribution in [0.4, 0.5) is 5.82 Å². The van der Waals surface area contributed by atoms with Gasteiger partial charge in [-0.15, -0.1) is 0 Å². The first-order chi connectivity index (χ1) is 11.8. The maximum absolute atomic E-state index is 5.65.